The number of nitrogens with two attached hydrogens (primary N) is 1. The van der Waals surface area contributed by atoms with Crippen LogP contribution in [0.15, 0.2) is 18.2 Å². The third-order valence-electron chi connectivity index (χ3n) is 2.80. The number of carbonyl (C=O) groups is 1. The average molecular weight is 346 g/mol. The molecule has 0 heterocycles. The number of halogens is 1. The van der Waals surface area contributed by atoms with Gasteiger partial charge in [0.05, 0.1) is 5.54 Å². The second kappa shape index (κ2) is 5.82. The van der Waals surface area contributed by atoms with Gasteiger partial charge in [-0.3, -0.25) is 4.79 Å². The van der Waals surface area contributed by atoms with Crippen LogP contribution in [0.3, 0.4) is 0 Å². The molecular weight excluding hydrogens is 327 g/mol. The van der Waals surface area contributed by atoms with Crippen molar-refractivity contribution in [1.29, 1.82) is 0 Å². The van der Waals surface area contributed by atoms with Crippen molar-refractivity contribution < 1.29 is 4.79 Å². The summed E-state index contributed by atoms with van der Waals surface area (Å²) < 4.78 is 1.13. The van der Waals surface area contributed by atoms with E-state index in [0.717, 1.165) is 21.2 Å². The zero-order valence-electron chi connectivity index (χ0n) is 10.5. The van der Waals surface area contributed by atoms with Crippen molar-refractivity contribution in [3.05, 3.63) is 27.3 Å². The first-order chi connectivity index (χ1) is 7.88. The number of benzene rings is 1. The summed E-state index contributed by atoms with van der Waals surface area (Å²) in [6, 6.07) is 5.84. The molecule has 4 heteroatoms. The summed E-state index contributed by atoms with van der Waals surface area (Å²) in [5, 5.41) is 2.91. The lowest BCUT2D eigenvalue weighted by atomic mass is 9.96. The normalized spacial score (nSPS) is 14.2. The Morgan fingerprint density at radius 1 is 1.53 bits per heavy atom. The molecule has 94 valence electrons. The van der Waals surface area contributed by atoms with Crippen LogP contribution in [0, 0.1) is 10.5 Å². The molecule has 0 saturated carbocycles. The summed E-state index contributed by atoms with van der Waals surface area (Å²) in [6.07, 6.45) is 1.58. The van der Waals surface area contributed by atoms with E-state index in [0.29, 0.717) is 6.42 Å². The first-order valence-electron chi connectivity index (χ1n) is 5.74. The van der Waals surface area contributed by atoms with Crippen LogP contribution in [0.1, 0.15) is 32.3 Å². The standard InChI is InChI=1S/C13H19IN2O/c1-4-8-13(3,15)12(17)16-11-7-5-6-10(14)9(11)2/h5-7H,4,8,15H2,1-3H3,(H,16,17). The lowest BCUT2D eigenvalue weighted by Crippen LogP contribution is -2.48. The fraction of sp³-hybridized carbons (Fsp3) is 0.462. The molecule has 17 heavy (non-hydrogen) atoms. The minimum absolute atomic E-state index is 0.121. The van der Waals surface area contributed by atoms with Crippen molar-refractivity contribution in [1.82, 2.24) is 0 Å². The van der Waals surface area contributed by atoms with Crippen LogP contribution in [-0.4, -0.2) is 11.4 Å². The van der Waals surface area contributed by atoms with Crippen molar-refractivity contribution in [2.75, 3.05) is 5.32 Å². The van der Waals surface area contributed by atoms with Crippen LogP contribution in [0.4, 0.5) is 5.69 Å². The molecule has 0 bridgehead atoms. The Kier molecular flexibility index (Phi) is 4.94. The number of amides is 1. The highest BCUT2D eigenvalue weighted by Gasteiger charge is 2.27. The van der Waals surface area contributed by atoms with E-state index in [9.17, 15) is 4.79 Å². The highest BCUT2D eigenvalue weighted by Crippen LogP contribution is 2.21. The van der Waals surface area contributed by atoms with Crippen LogP contribution in [-0.2, 0) is 4.79 Å². The molecule has 0 spiro atoms. The van der Waals surface area contributed by atoms with E-state index in [-0.39, 0.29) is 5.91 Å². The molecule has 0 aliphatic carbocycles. The summed E-state index contributed by atoms with van der Waals surface area (Å²) in [6.45, 7) is 5.79. The first kappa shape index (κ1) is 14.4. The Bertz CT molecular complexity index is 416. The summed E-state index contributed by atoms with van der Waals surface area (Å²) >= 11 is 2.25. The minimum atomic E-state index is -0.803. The van der Waals surface area contributed by atoms with E-state index in [4.69, 9.17) is 5.73 Å². The van der Waals surface area contributed by atoms with Crippen molar-refractivity contribution in [3.63, 3.8) is 0 Å². The lowest BCUT2D eigenvalue weighted by molar-refractivity contribution is -0.120. The molecule has 0 aromatic heterocycles. The van der Waals surface area contributed by atoms with Crippen molar-refractivity contribution in [2.45, 2.75) is 39.2 Å². The van der Waals surface area contributed by atoms with Crippen molar-refractivity contribution in [2.24, 2.45) is 5.73 Å². The molecule has 1 rings (SSSR count). The molecule has 3 N–H and O–H groups in total. The van der Waals surface area contributed by atoms with Crippen molar-refractivity contribution in [3.8, 4) is 0 Å². The number of rotatable bonds is 4. The minimum Gasteiger partial charge on any atom is -0.324 e. The van der Waals surface area contributed by atoms with Crippen LogP contribution in [0.5, 0.6) is 0 Å². The van der Waals surface area contributed by atoms with Gasteiger partial charge < -0.3 is 11.1 Å². The van der Waals surface area contributed by atoms with Gasteiger partial charge in [-0.05, 0) is 60.6 Å². The molecule has 1 amide bonds. The highest BCUT2D eigenvalue weighted by molar-refractivity contribution is 14.1. The summed E-state index contributed by atoms with van der Waals surface area (Å²) in [5.74, 6) is -0.121. The van der Waals surface area contributed by atoms with E-state index in [1.54, 1.807) is 6.92 Å². The zero-order chi connectivity index (χ0) is 13.1. The number of nitrogens with one attached hydrogen (secondary N) is 1. The van der Waals surface area contributed by atoms with E-state index >= 15 is 0 Å². The SMILES string of the molecule is CCCC(C)(N)C(=O)Nc1cccc(I)c1C. The Morgan fingerprint density at radius 2 is 2.18 bits per heavy atom. The van der Waals surface area contributed by atoms with Gasteiger partial charge >= 0.3 is 0 Å². The van der Waals surface area contributed by atoms with Gasteiger partial charge in [0.2, 0.25) is 5.91 Å². The van der Waals surface area contributed by atoms with E-state index in [2.05, 4.69) is 27.9 Å². The van der Waals surface area contributed by atoms with E-state index < -0.39 is 5.54 Å². The summed E-state index contributed by atoms with van der Waals surface area (Å²) in [4.78, 5) is 12.0. The first-order valence-corrected chi connectivity index (χ1v) is 6.82. The maximum absolute atomic E-state index is 12.0. The van der Waals surface area contributed by atoms with Gasteiger partial charge in [0.25, 0.3) is 0 Å². The highest BCUT2D eigenvalue weighted by atomic mass is 127. The molecule has 0 saturated heterocycles. The topological polar surface area (TPSA) is 55.1 Å². The lowest BCUT2D eigenvalue weighted by Gasteiger charge is -2.23. The van der Waals surface area contributed by atoms with Gasteiger partial charge in [-0.15, -0.1) is 0 Å². The van der Waals surface area contributed by atoms with Crippen LogP contribution in [0.25, 0.3) is 0 Å². The second-order valence-electron chi connectivity index (χ2n) is 4.53. The van der Waals surface area contributed by atoms with Gasteiger partial charge in [0.15, 0.2) is 0 Å². The van der Waals surface area contributed by atoms with Gasteiger partial charge in [0, 0.05) is 9.26 Å². The molecule has 1 atom stereocenters. The number of carbonyl (C=O) groups excluding carboxylic acids is 1. The quantitative estimate of drug-likeness (QED) is 0.824. The van der Waals surface area contributed by atoms with Crippen LogP contribution < -0.4 is 11.1 Å². The smallest absolute Gasteiger partial charge is 0.244 e. The molecular formula is C13H19IN2O. The maximum atomic E-state index is 12.0. The van der Waals surface area contributed by atoms with Gasteiger partial charge in [-0.1, -0.05) is 19.4 Å². The number of anilines is 1. The summed E-state index contributed by atoms with van der Waals surface area (Å²) in [7, 11) is 0. The maximum Gasteiger partial charge on any atom is 0.244 e. The largest absolute Gasteiger partial charge is 0.324 e. The number of hydrogen-bond donors (Lipinski definition) is 2. The van der Waals surface area contributed by atoms with Gasteiger partial charge in [-0.2, -0.15) is 0 Å². The van der Waals surface area contributed by atoms with Crippen LogP contribution >= 0.6 is 22.6 Å². The molecule has 1 aromatic rings. The predicted molar refractivity (Wildman–Crippen MR) is 80.0 cm³/mol. The second-order valence-corrected chi connectivity index (χ2v) is 5.70. The van der Waals surface area contributed by atoms with E-state index in [1.165, 1.54) is 0 Å². The third kappa shape index (κ3) is 3.67. The van der Waals surface area contributed by atoms with Crippen molar-refractivity contribution >= 4 is 34.2 Å². The third-order valence-corrected chi connectivity index (χ3v) is 3.97. The fourth-order valence-corrected chi connectivity index (χ4v) is 2.14. The fourth-order valence-electron chi connectivity index (χ4n) is 1.64. The number of hydrogen-bond acceptors (Lipinski definition) is 2. The Morgan fingerprint density at radius 3 is 2.76 bits per heavy atom. The molecule has 3 nitrogen and oxygen atoms in total. The van der Waals surface area contributed by atoms with Gasteiger partial charge in [0.1, 0.15) is 0 Å². The molecule has 1 unspecified atom stereocenters. The molecule has 0 aliphatic rings. The van der Waals surface area contributed by atoms with Gasteiger partial charge in [-0.25, -0.2) is 0 Å². The van der Waals surface area contributed by atoms with Crippen LogP contribution in [0.2, 0.25) is 0 Å². The molecule has 0 aliphatic heterocycles. The molecule has 1 aromatic carbocycles. The Hall–Kier alpha value is -0.620. The average Bonchev–Trinajstić information content (AvgIpc) is 2.24. The summed E-state index contributed by atoms with van der Waals surface area (Å²) in [5.41, 5.74) is 7.11. The van der Waals surface area contributed by atoms with E-state index in [1.807, 2.05) is 32.0 Å². The Balaban J connectivity index is 2.85. The zero-order valence-corrected chi connectivity index (χ0v) is 12.7. The predicted octanol–water partition coefficient (Wildman–Crippen LogP) is 3.06. The monoisotopic (exact) mass is 346 g/mol. The Labute approximate surface area is 116 Å². The molecule has 0 radical (unpaired) electrons. The molecule has 0 fully saturated rings.